The molecule has 200 valence electrons. The molecule has 2 aliphatic rings. The Morgan fingerprint density at radius 1 is 0.475 bits per heavy atom. The van der Waals surface area contributed by atoms with E-state index in [1.54, 1.807) is 0 Å². The van der Waals surface area contributed by atoms with E-state index in [4.69, 9.17) is 0 Å². The summed E-state index contributed by atoms with van der Waals surface area (Å²) in [6.07, 6.45) is 1.75. The molecule has 2 unspecified atom stereocenters. The molecule has 2 atom stereocenters. The Labute approximate surface area is 231 Å². The highest BCUT2D eigenvalue weighted by Crippen LogP contribution is 2.46. The molecule has 6 nitrogen and oxygen atoms in total. The third-order valence-electron chi connectivity index (χ3n) is 9.19. The van der Waals surface area contributed by atoms with Crippen molar-refractivity contribution in [3.63, 3.8) is 0 Å². The van der Waals surface area contributed by atoms with Gasteiger partial charge < -0.3 is 0 Å². The van der Waals surface area contributed by atoms with Gasteiger partial charge in [0, 0.05) is 46.1 Å². The number of hydrogen-bond donors (Lipinski definition) is 0. The van der Waals surface area contributed by atoms with Crippen LogP contribution >= 0.6 is 0 Å². The van der Waals surface area contributed by atoms with E-state index in [0.717, 1.165) is 45.2 Å². The van der Waals surface area contributed by atoms with Crippen LogP contribution in [0.5, 0.6) is 0 Å². The molecule has 0 radical (unpaired) electrons. The van der Waals surface area contributed by atoms with E-state index in [1.165, 1.54) is 9.80 Å². The van der Waals surface area contributed by atoms with Gasteiger partial charge >= 0.3 is 0 Å². The lowest BCUT2D eigenvalue weighted by molar-refractivity contribution is 0.0572. The number of carbonyl (C=O) groups is 4. The van der Waals surface area contributed by atoms with Gasteiger partial charge in [-0.1, -0.05) is 64.8 Å². The highest BCUT2D eigenvalue weighted by Gasteiger charge is 2.37. The maximum Gasteiger partial charge on any atom is 0.261 e. The first kappa shape index (κ1) is 24.7. The summed E-state index contributed by atoms with van der Waals surface area (Å²) in [5.41, 5.74) is 2.16. The van der Waals surface area contributed by atoms with Crippen LogP contribution in [-0.4, -0.2) is 46.5 Å². The SMILES string of the molecule is CCC(C)CN1C(=O)c2ccc3c4ccc5c6c(ccc(c7ccc(c2c37)C1=O)c64)C(=O)N(CC(C)CC)C5=O. The lowest BCUT2D eigenvalue weighted by atomic mass is 9.82. The Bertz CT molecular complexity index is 1690. The van der Waals surface area contributed by atoms with E-state index in [-0.39, 0.29) is 35.5 Å². The molecule has 0 fully saturated rings. The molecule has 40 heavy (non-hydrogen) atoms. The molecule has 2 aliphatic heterocycles. The lowest BCUT2D eigenvalue weighted by Gasteiger charge is -2.31. The minimum Gasteiger partial charge on any atom is -0.274 e. The summed E-state index contributed by atoms with van der Waals surface area (Å²) in [5, 5.41) is 6.76. The largest absolute Gasteiger partial charge is 0.274 e. The van der Waals surface area contributed by atoms with Gasteiger partial charge in [0.2, 0.25) is 0 Å². The summed E-state index contributed by atoms with van der Waals surface area (Å²) in [6, 6.07) is 15.1. The van der Waals surface area contributed by atoms with Crippen molar-refractivity contribution in [2.24, 2.45) is 11.8 Å². The zero-order valence-corrected chi connectivity index (χ0v) is 23.1. The van der Waals surface area contributed by atoms with Gasteiger partial charge in [-0.05, 0) is 68.4 Å². The van der Waals surface area contributed by atoms with Gasteiger partial charge in [0.25, 0.3) is 23.6 Å². The Morgan fingerprint density at radius 3 is 1.00 bits per heavy atom. The van der Waals surface area contributed by atoms with Crippen molar-refractivity contribution in [1.82, 2.24) is 9.80 Å². The maximum absolute atomic E-state index is 13.6. The van der Waals surface area contributed by atoms with Crippen molar-refractivity contribution in [3.05, 3.63) is 70.8 Å². The van der Waals surface area contributed by atoms with Gasteiger partial charge in [0.1, 0.15) is 0 Å². The summed E-state index contributed by atoms with van der Waals surface area (Å²) in [7, 11) is 0. The highest BCUT2D eigenvalue weighted by molar-refractivity contribution is 6.41. The minimum atomic E-state index is -0.255. The standard InChI is InChI=1S/C34H30N2O4/c1-5-17(3)15-35-31(37)23-11-7-19-21-9-13-25-30-26(34(40)36(33(25)39)16-18(4)6-2)14-10-22(28(21)30)20-8-12-24(32(35)38)29(23)27(19)20/h7-14,17-18H,5-6,15-16H2,1-4H3. The number of benzene rings is 5. The summed E-state index contributed by atoms with van der Waals surface area (Å²) in [5.74, 6) is -0.601. The Balaban J connectivity index is 1.51. The minimum absolute atomic E-state index is 0.209. The first-order valence-electron chi connectivity index (χ1n) is 14.2. The molecular weight excluding hydrogens is 500 g/mol. The third-order valence-corrected chi connectivity index (χ3v) is 9.19. The number of imide groups is 2. The molecule has 2 heterocycles. The van der Waals surface area contributed by atoms with Crippen molar-refractivity contribution < 1.29 is 19.2 Å². The van der Waals surface area contributed by atoms with E-state index < -0.39 is 0 Å². The van der Waals surface area contributed by atoms with Crippen LogP contribution in [0.15, 0.2) is 48.5 Å². The average Bonchev–Trinajstić information content (AvgIpc) is 2.97. The number of rotatable bonds is 6. The number of amides is 4. The lowest BCUT2D eigenvalue weighted by Crippen LogP contribution is -2.42. The topological polar surface area (TPSA) is 74.8 Å². The van der Waals surface area contributed by atoms with E-state index in [1.807, 2.05) is 62.4 Å². The second-order valence-electron chi connectivity index (χ2n) is 11.6. The Kier molecular flexibility index (Phi) is 5.30. The number of hydrogen-bond acceptors (Lipinski definition) is 4. The van der Waals surface area contributed by atoms with Crippen molar-refractivity contribution in [2.75, 3.05) is 13.1 Å². The first-order valence-corrected chi connectivity index (χ1v) is 14.2. The normalized spacial score (nSPS) is 16.8. The molecule has 4 amide bonds. The predicted molar refractivity (Wildman–Crippen MR) is 157 cm³/mol. The molecule has 6 heteroatoms. The van der Waals surface area contributed by atoms with Crippen LogP contribution in [0.4, 0.5) is 0 Å². The molecule has 5 aromatic carbocycles. The van der Waals surface area contributed by atoms with E-state index in [2.05, 4.69) is 13.8 Å². The molecule has 0 N–H and O–H groups in total. The van der Waals surface area contributed by atoms with Crippen LogP contribution in [0.1, 0.15) is 82.0 Å². The van der Waals surface area contributed by atoms with Crippen molar-refractivity contribution in [2.45, 2.75) is 40.5 Å². The van der Waals surface area contributed by atoms with Crippen LogP contribution in [-0.2, 0) is 0 Å². The molecule has 0 aromatic heterocycles. The summed E-state index contributed by atoms with van der Waals surface area (Å²) >= 11 is 0. The third kappa shape index (κ3) is 3.10. The fourth-order valence-electron chi connectivity index (χ4n) is 6.58. The molecule has 5 aromatic rings. The van der Waals surface area contributed by atoms with Gasteiger partial charge in [-0.25, -0.2) is 0 Å². The molecule has 7 rings (SSSR count). The van der Waals surface area contributed by atoms with Crippen LogP contribution in [0.25, 0.3) is 43.1 Å². The smallest absolute Gasteiger partial charge is 0.261 e. The second-order valence-corrected chi connectivity index (χ2v) is 11.6. The van der Waals surface area contributed by atoms with Crippen LogP contribution < -0.4 is 0 Å². The van der Waals surface area contributed by atoms with E-state index >= 15 is 0 Å². The summed E-state index contributed by atoms with van der Waals surface area (Å²) < 4.78 is 0. The molecular formula is C34H30N2O4. The van der Waals surface area contributed by atoms with Crippen LogP contribution in [0.2, 0.25) is 0 Å². The average molecular weight is 531 g/mol. The number of fused-ring (bicyclic) bond motifs is 2. The highest BCUT2D eigenvalue weighted by atomic mass is 16.2. The number of carbonyl (C=O) groups excluding carboxylic acids is 4. The van der Waals surface area contributed by atoms with Crippen LogP contribution in [0.3, 0.4) is 0 Å². The van der Waals surface area contributed by atoms with Crippen molar-refractivity contribution in [1.29, 1.82) is 0 Å². The number of nitrogens with zero attached hydrogens (tertiary/aromatic N) is 2. The summed E-state index contributed by atoms with van der Waals surface area (Å²) in [4.78, 5) is 57.1. The van der Waals surface area contributed by atoms with Gasteiger partial charge in [-0.15, -0.1) is 0 Å². The first-order chi connectivity index (χ1) is 19.3. The molecule has 0 saturated heterocycles. The van der Waals surface area contributed by atoms with Gasteiger partial charge in [-0.2, -0.15) is 0 Å². The Hall–Kier alpha value is -4.32. The predicted octanol–water partition coefficient (Wildman–Crippen LogP) is 7.02. The zero-order chi connectivity index (χ0) is 28.0. The fraction of sp³-hybridized carbons (Fsp3) is 0.294. The molecule has 0 bridgehead atoms. The quantitative estimate of drug-likeness (QED) is 0.134. The summed E-state index contributed by atoms with van der Waals surface area (Å²) in [6.45, 7) is 8.99. The zero-order valence-electron chi connectivity index (χ0n) is 23.1. The van der Waals surface area contributed by atoms with Crippen molar-refractivity contribution >= 4 is 66.7 Å². The van der Waals surface area contributed by atoms with Crippen LogP contribution in [0, 0.1) is 11.8 Å². The second kappa shape index (κ2) is 8.59. The fourth-order valence-corrected chi connectivity index (χ4v) is 6.58. The molecule has 0 spiro atoms. The van der Waals surface area contributed by atoms with Gasteiger partial charge in [-0.3, -0.25) is 29.0 Å². The van der Waals surface area contributed by atoms with E-state index in [9.17, 15) is 19.2 Å². The Morgan fingerprint density at radius 2 is 0.750 bits per heavy atom. The maximum atomic E-state index is 13.6. The van der Waals surface area contributed by atoms with Crippen molar-refractivity contribution in [3.8, 4) is 0 Å². The monoisotopic (exact) mass is 530 g/mol. The van der Waals surface area contributed by atoms with E-state index in [0.29, 0.717) is 46.1 Å². The van der Waals surface area contributed by atoms with Gasteiger partial charge in [0.05, 0.1) is 0 Å². The molecule has 0 aliphatic carbocycles. The van der Waals surface area contributed by atoms with Gasteiger partial charge in [0.15, 0.2) is 0 Å². The molecule has 0 saturated carbocycles.